The molecule has 0 bridgehead atoms. The summed E-state index contributed by atoms with van der Waals surface area (Å²) in [5.74, 6) is 0. The Morgan fingerprint density at radius 1 is 1.00 bits per heavy atom. The van der Waals surface area contributed by atoms with Crippen LogP contribution in [0, 0.1) is 0 Å². The van der Waals surface area contributed by atoms with E-state index in [-0.39, 0.29) is 11.6 Å². The quantitative estimate of drug-likeness (QED) is 0.391. The van der Waals surface area contributed by atoms with E-state index in [1.54, 1.807) is 0 Å². The first-order valence-corrected chi connectivity index (χ1v) is 1.32. The van der Waals surface area contributed by atoms with E-state index in [0.29, 0.717) is 13.1 Å². The van der Waals surface area contributed by atoms with E-state index in [1.807, 2.05) is 0 Å². The van der Waals surface area contributed by atoms with Crippen molar-refractivity contribution in [1.29, 1.82) is 0 Å². The minimum absolute atomic E-state index is 0. The molecule has 0 aliphatic rings. The number of hydrogen-bond acceptors (Lipinski definition) is 3. The lowest BCUT2D eigenvalue weighted by molar-refractivity contribution is 0.824. The third-order valence-electron chi connectivity index (χ3n) is 0.167. The molecule has 0 heterocycles. The van der Waals surface area contributed by atoms with Gasteiger partial charge in [0, 0.05) is 13.1 Å². The van der Waals surface area contributed by atoms with Crippen molar-refractivity contribution < 1.29 is 5.48 Å². The largest absolute Gasteiger partial charge is 0.870 e. The zero-order valence-corrected chi connectivity index (χ0v) is 4.02. The van der Waals surface area contributed by atoms with Crippen LogP contribution in [-0.2, 0) is 0 Å². The molecule has 0 aromatic heterocycles. The van der Waals surface area contributed by atoms with Gasteiger partial charge in [-0.1, -0.05) is 0 Å². The Morgan fingerprint density at radius 2 is 1.17 bits per heavy atom. The second-order valence-electron chi connectivity index (χ2n) is 0.577. The summed E-state index contributed by atoms with van der Waals surface area (Å²) in [7, 11) is 0. The smallest absolute Gasteiger partial charge is 0.00461 e. The van der Waals surface area contributed by atoms with Gasteiger partial charge in [-0.15, -0.1) is 0 Å². The van der Waals surface area contributed by atoms with Crippen molar-refractivity contribution in [3.05, 3.63) is 0 Å². The van der Waals surface area contributed by atoms with Crippen molar-refractivity contribution in [1.82, 2.24) is 6.15 Å². The van der Waals surface area contributed by atoms with E-state index >= 15 is 0 Å². The molecule has 0 aliphatic carbocycles. The molecule has 42 valence electrons. The van der Waals surface area contributed by atoms with Crippen LogP contribution >= 0.6 is 0 Å². The van der Waals surface area contributed by atoms with E-state index < -0.39 is 0 Å². The van der Waals surface area contributed by atoms with Gasteiger partial charge in [-0.25, -0.2) is 0 Å². The SMILES string of the molecule is NCCN.[NH4+].[OH-]. The van der Waals surface area contributed by atoms with Crippen LogP contribution in [0.15, 0.2) is 0 Å². The Hall–Kier alpha value is -0.160. The van der Waals surface area contributed by atoms with Gasteiger partial charge in [-0.05, 0) is 0 Å². The van der Waals surface area contributed by atoms with Gasteiger partial charge in [-0.2, -0.15) is 0 Å². The Labute approximate surface area is 37.4 Å². The summed E-state index contributed by atoms with van der Waals surface area (Å²) in [4.78, 5) is 0. The molecule has 6 heavy (non-hydrogen) atoms. The average molecular weight is 95.1 g/mol. The molecule has 0 aromatic rings. The monoisotopic (exact) mass is 95.1 g/mol. The Balaban J connectivity index is -0.0000000450. The number of hydrogen-bond donors (Lipinski definition) is 3. The van der Waals surface area contributed by atoms with Crippen LogP contribution in [0.25, 0.3) is 0 Å². The van der Waals surface area contributed by atoms with Crippen LogP contribution in [-0.4, -0.2) is 18.6 Å². The number of rotatable bonds is 1. The highest BCUT2D eigenvalue weighted by molar-refractivity contribution is 4.26. The molecule has 0 unspecified atom stereocenters. The highest BCUT2D eigenvalue weighted by atomic mass is 16.0. The van der Waals surface area contributed by atoms with Crippen molar-refractivity contribution in [2.75, 3.05) is 13.1 Å². The van der Waals surface area contributed by atoms with Crippen molar-refractivity contribution >= 4 is 0 Å². The lowest BCUT2D eigenvalue weighted by Gasteiger charge is -1.72. The highest BCUT2D eigenvalue weighted by Crippen LogP contribution is 1.24. The maximum atomic E-state index is 4.90. The van der Waals surface area contributed by atoms with Gasteiger partial charge in [0.15, 0.2) is 0 Å². The van der Waals surface area contributed by atoms with Gasteiger partial charge in [0.1, 0.15) is 0 Å². The average Bonchev–Trinajstić information content (AvgIpc) is 1.37. The van der Waals surface area contributed by atoms with Crippen LogP contribution in [0.5, 0.6) is 0 Å². The third kappa shape index (κ3) is 43.9. The van der Waals surface area contributed by atoms with Crippen LogP contribution in [0.1, 0.15) is 0 Å². The first-order chi connectivity index (χ1) is 1.91. The van der Waals surface area contributed by atoms with Gasteiger partial charge in [-0.3, -0.25) is 0 Å². The summed E-state index contributed by atoms with van der Waals surface area (Å²) < 4.78 is 0. The first-order valence-electron chi connectivity index (χ1n) is 1.32. The molecule has 9 N–H and O–H groups in total. The second-order valence-corrected chi connectivity index (χ2v) is 0.577. The molecule has 0 aromatic carbocycles. The minimum atomic E-state index is 0. The standard InChI is InChI=1S/C2H8N2.H3N.H2O/c3-1-2-4;;/h1-4H2;1H3;1H2. The summed E-state index contributed by atoms with van der Waals surface area (Å²) in [5.41, 5.74) is 9.81. The minimum Gasteiger partial charge on any atom is -0.870 e. The van der Waals surface area contributed by atoms with E-state index in [9.17, 15) is 0 Å². The Morgan fingerprint density at radius 3 is 1.17 bits per heavy atom. The molecule has 0 rings (SSSR count). The predicted molar refractivity (Wildman–Crippen MR) is 26.0 cm³/mol. The molecule has 0 radical (unpaired) electrons. The number of nitrogens with two attached hydrogens (primary N) is 2. The molecule has 0 atom stereocenters. The Bertz CT molecular complexity index is 10.8. The van der Waals surface area contributed by atoms with Crippen molar-refractivity contribution in [3.63, 3.8) is 0 Å². The lowest BCUT2D eigenvalue weighted by Crippen LogP contribution is -2.11. The third-order valence-corrected chi connectivity index (χ3v) is 0.167. The highest BCUT2D eigenvalue weighted by Gasteiger charge is 1.54. The predicted octanol–water partition coefficient (Wildman–Crippen LogP) is -0.897. The van der Waals surface area contributed by atoms with E-state index in [1.165, 1.54) is 0 Å². The van der Waals surface area contributed by atoms with E-state index in [2.05, 4.69) is 0 Å². The molecule has 0 saturated heterocycles. The molecule has 4 nitrogen and oxygen atoms in total. The molecule has 4 heteroatoms. The fourth-order valence-electron chi connectivity index (χ4n) is 0. The molecule has 0 aliphatic heterocycles. The van der Waals surface area contributed by atoms with Crippen LogP contribution in [0.2, 0.25) is 0 Å². The van der Waals surface area contributed by atoms with Crippen molar-refractivity contribution in [3.8, 4) is 0 Å². The summed E-state index contributed by atoms with van der Waals surface area (Å²) in [5, 5.41) is 0. The molecule has 0 fully saturated rings. The van der Waals surface area contributed by atoms with Gasteiger partial charge in [0.2, 0.25) is 0 Å². The summed E-state index contributed by atoms with van der Waals surface area (Å²) >= 11 is 0. The molecule has 0 saturated carbocycles. The lowest BCUT2D eigenvalue weighted by atomic mass is 10.7. The normalized spacial score (nSPS) is 5.00. The zero-order chi connectivity index (χ0) is 3.41. The topological polar surface area (TPSA) is 119 Å². The maximum Gasteiger partial charge on any atom is 0.00461 e. The summed E-state index contributed by atoms with van der Waals surface area (Å²) in [6.07, 6.45) is 0. The fraction of sp³-hybridized carbons (Fsp3) is 1.00. The van der Waals surface area contributed by atoms with Crippen molar-refractivity contribution in [2.45, 2.75) is 0 Å². The van der Waals surface area contributed by atoms with Crippen LogP contribution < -0.4 is 17.6 Å². The van der Waals surface area contributed by atoms with E-state index in [0.717, 1.165) is 0 Å². The molecular weight excluding hydrogens is 82.0 g/mol. The molecular formula is C2H13N3O. The van der Waals surface area contributed by atoms with Gasteiger partial charge < -0.3 is 23.1 Å². The zero-order valence-electron chi connectivity index (χ0n) is 4.02. The second kappa shape index (κ2) is 21.1. The number of quaternary nitrogens is 1. The van der Waals surface area contributed by atoms with Gasteiger partial charge in [0.05, 0.1) is 0 Å². The van der Waals surface area contributed by atoms with Crippen LogP contribution in [0.3, 0.4) is 0 Å². The van der Waals surface area contributed by atoms with Crippen molar-refractivity contribution in [2.24, 2.45) is 11.5 Å². The van der Waals surface area contributed by atoms with E-state index in [4.69, 9.17) is 11.5 Å². The van der Waals surface area contributed by atoms with Crippen LogP contribution in [0.4, 0.5) is 0 Å². The maximum absolute atomic E-state index is 4.90. The molecule has 0 spiro atoms. The Kier molecular flexibility index (Phi) is 59.6. The van der Waals surface area contributed by atoms with Gasteiger partial charge >= 0.3 is 0 Å². The summed E-state index contributed by atoms with van der Waals surface area (Å²) in [6, 6.07) is 0. The fourth-order valence-corrected chi connectivity index (χ4v) is 0. The first kappa shape index (κ1) is 17.0. The molecule has 0 amide bonds. The summed E-state index contributed by atoms with van der Waals surface area (Å²) in [6.45, 7) is 1.19. The van der Waals surface area contributed by atoms with Gasteiger partial charge in [0.25, 0.3) is 0 Å².